The summed E-state index contributed by atoms with van der Waals surface area (Å²) in [6.07, 6.45) is 17.7. The first-order valence-electron chi connectivity index (χ1n) is 27.4. The molecule has 0 saturated carbocycles. The molecule has 0 radical (unpaired) electrons. The number of anilines is 2. The second-order valence-electron chi connectivity index (χ2n) is 22.7. The van der Waals surface area contributed by atoms with E-state index < -0.39 is 0 Å². The van der Waals surface area contributed by atoms with Crippen LogP contribution in [0.1, 0.15) is 155 Å². The summed E-state index contributed by atoms with van der Waals surface area (Å²) in [7, 11) is 3.82. The van der Waals surface area contributed by atoms with E-state index in [2.05, 4.69) is 68.4 Å². The largest absolute Gasteiger partial charge is 0.491 e. The van der Waals surface area contributed by atoms with Crippen LogP contribution in [0.3, 0.4) is 0 Å². The highest BCUT2D eigenvalue weighted by atomic mass is 19.1. The van der Waals surface area contributed by atoms with Gasteiger partial charge in [0.25, 0.3) is 0 Å². The van der Waals surface area contributed by atoms with E-state index in [1.807, 2.05) is 43.0 Å². The molecule has 17 heteroatoms. The van der Waals surface area contributed by atoms with Gasteiger partial charge in [-0.25, -0.2) is 24.3 Å². The molecular formula is C58H85FN8O8. The maximum absolute atomic E-state index is 13.6. The van der Waals surface area contributed by atoms with Crippen LogP contribution in [-0.2, 0) is 54.2 Å². The maximum Gasteiger partial charge on any atom is 0.180 e. The Labute approximate surface area is 445 Å². The van der Waals surface area contributed by atoms with E-state index in [0.29, 0.717) is 61.3 Å². The molecule has 16 nitrogen and oxygen atoms in total. The highest BCUT2D eigenvalue weighted by molar-refractivity contribution is 5.84. The zero-order valence-electron chi connectivity index (χ0n) is 46.6. The number of ketones is 2. The van der Waals surface area contributed by atoms with Crippen LogP contribution in [0, 0.1) is 16.6 Å². The average molecular weight is 1040 g/mol. The minimum atomic E-state index is -0.366. The standard InChI is InChI=1S/C29H42N4O4.C20H25FN4O.C9H18O3/c1-6-21(37-26-12-7-8-15-35-26)19-36-22-13-14-30-25(16-22)27-31-24-11-9-10-23(24)28(32-27)33(5)18-20(34)17-29(2,3)4;1-20(2,3)11-14(26)12-25(4)19-15-6-5-7-16(15)23-18(24-19)17-10-13(21)8-9-22-17;1-2-8(7-10)12-9-5-3-4-6-11-9/h13-14,16,21,26H,6-12,15,17-19H2,1-5H3;8-10H,5-7,11-12H2,1-4H3;8-10H,2-7H2,1H3. The van der Waals surface area contributed by atoms with Gasteiger partial charge >= 0.3 is 0 Å². The molecule has 4 aromatic rings. The van der Waals surface area contributed by atoms with Crippen LogP contribution in [0.25, 0.3) is 23.0 Å². The second-order valence-corrected chi connectivity index (χ2v) is 22.7. The van der Waals surface area contributed by atoms with Gasteiger partial charge in [0, 0.05) is 87.2 Å². The maximum atomic E-state index is 13.6. The minimum absolute atomic E-state index is 0.0354. The third-order valence-corrected chi connectivity index (χ3v) is 13.3. The van der Waals surface area contributed by atoms with Crippen molar-refractivity contribution in [1.82, 2.24) is 29.9 Å². The van der Waals surface area contributed by atoms with Gasteiger partial charge < -0.3 is 38.6 Å². The number of hydrogen-bond donors (Lipinski definition) is 1. The van der Waals surface area contributed by atoms with Crippen molar-refractivity contribution >= 4 is 23.2 Å². The number of aryl methyl sites for hydroxylation is 2. The summed E-state index contributed by atoms with van der Waals surface area (Å²) < 4.78 is 42.4. The number of aliphatic hydroxyl groups excluding tert-OH is 1. The summed E-state index contributed by atoms with van der Waals surface area (Å²) in [6.45, 7) is 19.3. The van der Waals surface area contributed by atoms with Crippen LogP contribution >= 0.6 is 0 Å². The lowest BCUT2D eigenvalue weighted by molar-refractivity contribution is -0.195. The first-order valence-corrected chi connectivity index (χ1v) is 27.4. The molecule has 6 heterocycles. The highest BCUT2D eigenvalue weighted by Crippen LogP contribution is 2.33. The number of likely N-dealkylation sites (N-methyl/N-ethyl adjacent to an activating group) is 2. The van der Waals surface area contributed by atoms with Crippen molar-refractivity contribution in [2.24, 2.45) is 10.8 Å². The Balaban J connectivity index is 0.000000207. The molecule has 2 aliphatic carbocycles. The lowest BCUT2D eigenvalue weighted by Crippen LogP contribution is -2.31. The summed E-state index contributed by atoms with van der Waals surface area (Å²) in [5, 5.41) is 8.88. The highest BCUT2D eigenvalue weighted by Gasteiger charge is 2.28. The van der Waals surface area contributed by atoms with Gasteiger partial charge in [-0.3, -0.25) is 19.6 Å². The van der Waals surface area contributed by atoms with Gasteiger partial charge in [0.05, 0.1) is 31.9 Å². The lowest BCUT2D eigenvalue weighted by Gasteiger charge is -2.27. The van der Waals surface area contributed by atoms with Gasteiger partial charge in [-0.2, -0.15) is 0 Å². The molecule has 0 amide bonds. The van der Waals surface area contributed by atoms with Crippen molar-refractivity contribution in [2.45, 2.75) is 183 Å². The first kappa shape index (κ1) is 59.2. The lowest BCUT2D eigenvalue weighted by atomic mass is 9.90. The van der Waals surface area contributed by atoms with Crippen LogP contribution in [0.5, 0.6) is 5.75 Å². The molecule has 4 aliphatic rings. The van der Waals surface area contributed by atoms with Crippen molar-refractivity contribution in [3.8, 4) is 28.8 Å². The summed E-state index contributed by atoms with van der Waals surface area (Å²) >= 11 is 0. The van der Waals surface area contributed by atoms with E-state index in [1.54, 1.807) is 6.20 Å². The van der Waals surface area contributed by atoms with Crippen molar-refractivity contribution in [3.05, 3.63) is 65.0 Å². The number of aromatic nitrogens is 6. The Morgan fingerprint density at radius 1 is 0.680 bits per heavy atom. The predicted octanol–water partition coefficient (Wildman–Crippen LogP) is 10.1. The number of fused-ring (bicyclic) bond motifs is 2. The van der Waals surface area contributed by atoms with E-state index in [0.717, 1.165) is 131 Å². The van der Waals surface area contributed by atoms with E-state index in [-0.39, 0.29) is 59.6 Å². The number of nitrogens with zero attached hydrogens (tertiary/aromatic N) is 8. The summed E-state index contributed by atoms with van der Waals surface area (Å²) in [6, 6.07) is 6.37. The van der Waals surface area contributed by atoms with Crippen LogP contribution < -0.4 is 14.5 Å². The molecule has 4 unspecified atom stereocenters. The monoisotopic (exact) mass is 1040 g/mol. The van der Waals surface area contributed by atoms with Gasteiger partial charge in [-0.15, -0.1) is 0 Å². The van der Waals surface area contributed by atoms with Gasteiger partial charge in [0.1, 0.15) is 41.2 Å². The fourth-order valence-corrected chi connectivity index (χ4v) is 9.59. The van der Waals surface area contributed by atoms with Crippen molar-refractivity contribution in [3.63, 3.8) is 0 Å². The molecule has 0 spiro atoms. The SMILES string of the molecule is CCC(CO)OC1CCCCO1.CCC(COc1ccnc(-c2nc3c(c(N(C)CC(=O)CC(C)(C)C)n2)CCC3)c1)OC1CCCCO1.CN(CC(=O)CC(C)(C)C)c1nc(-c2cc(F)ccn2)nc2c1CCC2. The molecule has 8 rings (SSSR count). The molecular weight excluding hydrogens is 956 g/mol. The summed E-state index contributed by atoms with van der Waals surface area (Å²) in [4.78, 5) is 56.7. The number of pyridine rings is 2. The average Bonchev–Trinajstić information content (AvgIpc) is 4.07. The molecule has 75 heavy (non-hydrogen) atoms. The van der Waals surface area contributed by atoms with Crippen LogP contribution in [0.4, 0.5) is 16.0 Å². The molecule has 0 bridgehead atoms. The number of carbonyl (C=O) groups is 2. The second kappa shape index (κ2) is 28.3. The molecule has 4 aromatic heterocycles. The van der Waals surface area contributed by atoms with Gasteiger partial charge in [0.15, 0.2) is 35.8 Å². The fraction of sp³-hybridized carbons (Fsp3) is 0.655. The number of aliphatic hydroxyl groups is 1. The smallest absolute Gasteiger partial charge is 0.180 e. The number of ether oxygens (including phenoxy) is 5. The van der Waals surface area contributed by atoms with Crippen molar-refractivity contribution in [1.29, 1.82) is 0 Å². The van der Waals surface area contributed by atoms with Crippen LogP contribution in [-0.4, -0.2) is 125 Å². The number of carbonyl (C=O) groups excluding carboxylic acids is 2. The minimum Gasteiger partial charge on any atom is -0.491 e. The third kappa shape index (κ3) is 18.9. The fourth-order valence-electron chi connectivity index (χ4n) is 9.59. The number of halogens is 1. The molecule has 412 valence electrons. The Hall–Kier alpha value is -5.07. The predicted molar refractivity (Wildman–Crippen MR) is 289 cm³/mol. The molecule has 0 aromatic carbocycles. The number of hydrogen-bond acceptors (Lipinski definition) is 16. The van der Waals surface area contributed by atoms with E-state index >= 15 is 0 Å². The Bertz CT molecular complexity index is 2450. The molecule has 2 fully saturated rings. The molecule has 2 aliphatic heterocycles. The Morgan fingerprint density at radius 3 is 1.60 bits per heavy atom. The topological polar surface area (TPSA) is 184 Å². The quantitative estimate of drug-likeness (QED) is 0.0881. The zero-order valence-corrected chi connectivity index (χ0v) is 46.6. The summed E-state index contributed by atoms with van der Waals surface area (Å²) in [5.74, 6) is 3.30. The number of rotatable bonds is 20. The molecule has 2 saturated heterocycles. The molecule has 1 N–H and O–H groups in total. The van der Waals surface area contributed by atoms with Gasteiger partial charge in [-0.1, -0.05) is 55.4 Å². The Kier molecular flexibility index (Phi) is 22.4. The first-order chi connectivity index (χ1) is 35.8. The van der Waals surface area contributed by atoms with Crippen molar-refractivity contribution in [2.75, 3.05) is 63.4 Å². The number of Topliss-reactive ketones (excluding diaryl/α,β-unsaturated/α-hetero) is 2. The summed E-state index contributed by atoms with van der Waals surface area (Å²) in [5.41, 5.74) is 5.27. The van der Waals surface area contributed by atoms with Gasteiger partial charge in [-0.05, 0) is 113 Å². The van der Waals surface area contributed by atoms with E-state index in [9.17, 15) is 14.0 Å². The van der Waals surface area contributed by atoms with E-state index in [1.165, 1.54) is 24.8 Å². The van der Waals surface area contributed by atoms with Crippen LogP contribution in [0.15, 0.2) is 36.7 Å². The zero-order chi connectivity index (χ0) is 54.1. The van der Waals surface area contributed by atoms with Crippen LogP contribution in [0.2, 0.25) is 0 Å². The third-order valence-electron chi connectivity index (χ3n) is 13.3. The normalized spacial score (nSPS) is 18.1. The van der Waals surface area contributed by atoms with Gasteiger partial charge in [0.2, 0.25) is 0 Å². The van der Waals surface area contributed by atoms with E-state index in [4.69, 9.17) is 38.8 Å². The molecule has 4 atom stereocenters. The Morgan fingerprint density at radius 2 is 1.16 bits per heavy atom. The van der Waals surface area contributed by atoms with Crippen molar-refractivity contribution < 1.29 is 42.8 Å².